The van der Waals surface area contributed by atoms with Crippen molar-refractivity contribution in [3.8, 4) is 0 Å². The number of aromatic nitrogens is 1. The number of nitrogens with zero attached hydrogens (tertiary/aromatic N) is 2. The Balaban J connectivity index is 0.00000300. The van der Waals surface area contributed by atoms with Crippen LogP contribution in [0.15, 0.2) is 41.6 Å². The summed E-state index contributed by atoms with van der Waals surface area (Å²) in [5.74, 6) is -1.77. The fourth-order valence-corrected chi connectivity index (χ4v) is 4.56. The van der Waals surface area contributed by atoms with Crippen LogP contribution in [0.3, 0.4) is 0 Å². The summed E-state index contributed by atoms with van der Waals surface area (Å²) < 4.78 is 67.1. The molecule has 1 fully saturated rings. The van der Waals surface area contributed by atoms with Crippen molar-refractivity contribution in [2.45, 2.75) is 30.6 Å². The van der Waals surface area contributed by atoms with Gasteiger partial charge in [0.05, 0.1) is 4.90 Å². The van der Waals surface area contributed by atoms with Crippen molar-refractivity contribution < 1.29 is 15.3 Å². The van der Waals surface area contributed by atoms with Crippen LogP contribution in [0.4, 0.5) is 0 Å². The van der Waals surface area contributed by atoms with E-state index in [9.17, 15) is 8.42 Å². The van der Waals surface area contributed by atoms with Gasteiger partial charge in [0.15, 0.2) is 0 Å². The molecule has 0 amide bonds. The minimum absolute atomic E-state index is 0. The molecule has 1 aliphatic heterocycles. The van der Waals surface area contributed by atoms with Crippen LogP contribution in [0.1, 0.15) is 26.5 Å². The first kappa shape index (κ1) is 13.3. The summed E-state index contributed by atoms with van der Waals surface area (Å²) in [5.41, 5.74) is 0. The summed E-state index contributed by atoms with van der Waals surface area (Å²) in [4.78, 5) is 6.08. The molecule has 2 aromatic rings. The van der Waals surface area contributed by atoms with E-state index in [1.54, 1.807) is 24.4 Å². The van der Waals surface area contributed by atoms with Crippen molar-refractivity contribution in [1.82, 2.24) is 14.1 Å². The standard InChI is InChI=1S/C16H20ClN3O2S.ClH/c1-12(19-17)13-6-9-20(10-7-13)23(21,22)16-4-2-3-14-11-18-8-5-15(14)16;/h2-5,8,11-13,19H,6-7,9-10H2,1H3;1H/i1D3,12D,13D;. The number of piperidine rings is 1. The third kappa shape index (κ3) is 3.68. The molecule has 8 heteroatoms. The quantitative estimate of drug-likeness (QED) is 0.808. The molecule has 0 spiro atoms. The molecule has 0 radical (unpaired) electrons. The van der Waals surface area contributed by atoms with E-state index in [0.717, 1.165) is 0 Å². The second-order valence-electron chi connectivity index (χ2n) is 5.33. The first-order valence-electron chi connectivity index (χ1n) is 9.67. The van der Waals surface area contributed by atoms with Gasteiger partial charge in [-0.05, 0) is 49.5 Å². The normalized spacial score (nSPS) is 24.5. The topological polar surface area (TPSA) is 62.3 Å². The Morgan fingerprint density at radius 2 is 2.21 bits per heavy atom. The van der Waals surface area contributed by atoms with Crippen molar-refractivity contribution in [3.63, 3.8) is 0 Å². The second kappa shape index (κ2) is 7.97. The molecule has 1 N–H and O–H groups in total. The van der Waals surface area contributed by atoms with E-state index in [2.05, 4.69) is 4.98 Å². The molecule has 1 saturated heterocycles. The molecule has 3 rings (SSSR count). The molecule has 1 atom stereocenters. The van der Waals surface area contributed by atoms with Gasteiger partial charge in [0.1, 0.15) is 0 Å². The van der Waals surface area contributed by atoms with Gasteiger partial charge in [-0.2, -0.15) is 4.31 Å². The van der Waals surface area contributed by atoms with Gasteiger partial charge in [-0.3, -0.25) is 4.98 Å². The Bertz CT molecular complexity index is 979. The highest BCUT2D eigenvalue weighted by atomic mass is 35.5. The lowest BCUT2D eigenvalue weighted by Gasteiger charge is -2.33. The third-order valence-corrected chi connectivity index (χ3v) is 6.18. The lowest BCUT2D eigenvalue weighted by atomic mass is 9.92. The number of pyridine rings is 1. The zero-order valence-electron chi connectivity index (χ0n) is 17.7. The van der Waals surface area contributed by atoms with E-state index in [1.165, 1.54) is 16.6 Å². The molecule has 1 aromatic heterocycles. The molecule has 0 aliphatic carbocycles. The van der Waals surface area contributed by atoms with Crippen LogP contribution in [-0.2, 0) is 10.0 Å². The number of sulfonamides is 1. The van der Waals surface area contributed by atoms with Gasteiger partial charge in [0, 0.05) is 49.1 Å². The monoisotopic (exact) mass is 394 g/mol. The Labute approximate surface area is 161 Å². The molecule has 0 saturated carbocycles. The molecular formula is C16H21Cl2N3O2S. The molecule has 1 aliphatic rings. The number of nitrogens with one attached hydrogen (secondary N) is 1. The van der Waals surface area contributed by atoms with Crippen molar-refractivity contribution >= 4 is 45.0 Å². The maximum absolute atomic E-state index is 13.2. The van der Waals surface area contributed by atoms with Gasteiger partial charge < -0.3 is 0 Å². The Hall–Kier alpha value is -0.920. The number of fused-ring (bicyclic) bond motifs is 1. The van der Waals surface area contributed by atoms with E-state index in [1.807, 2.05) is 4.84 Å². The average Bonchev–Trinajstić information content (AvgIpc) is 2.66. The van der Waals surface area contributed by atoms with Crippen molar-refractivity contribution in [3.05, 3.63) is 36.7 Å². The van der Waals surface area contributed by atoms with E-state index in [4.69, 9.17) is 18.6 Å². The van der Waals surface area contributed by atoms with E-state index >= 15 is 0 Å². The second-order valence-corrected chi connectivity index (χ2v) is 7.43. The Morgan fingerprint density at radius 3 is 2.88 bits per heavy atom. The summed E-state index contributed by atoms with van der Waals surface area (Å²) >= 11 is 5.55. The molecule has 132 valence electrons. The highest BCUT2D eigenvalue weighted by Crippen LogP contribution is 2.29. The maximum Gasteiger partial charge on any atom is 0.243 e. The number of benzene rings is 1. The molecule has 1 aromatic carbocycles. The summed E-state index contributed by atoms with van der Waals surface area (Å²) in [6, 6.07) is 4.13. The third-order valence-electron chi connectivity index (χ3n) is 4.03. The fourth-order valence-electron chi connectivity index (χ4n) is 2.77. The highest BCUT2D eigenvalue weighted by Gasteiger charge is 2.32. The molecule has 24 heavy (non-hydrogen) atoms. The van der Waals surface area contributed by atoms with Gasteiger partial charge in [0.25, 0.3) is 0 Å². The zero-order chi connectivity index (χ0) is 20.8. The average molecular weight is 395 g/mol. The number of rotatable bonds is 4. The van der Waals surface area contributed by atoms with Crippen molar-refractivity contribution in [2.24, 2.45) is 5.89 Å². The van der Waals surface area contributed by atoms with Crippen LogP contribution in [0, 0.1) is 5.89 Å². The van der Waals surface area contributed by atoms with Gasteiger partial charge in [-0.15, -0.1) is 12.4 Å². The highest BCUT2D eigenvalue weighted by molar-refractivity contribution is 7.89. The molecule has 1 unspecified atom stereocenters. The smallest absolute Gasteiger partial charge is 0.243 e. The molecule has 5 nitrogen and oxygen atoms in total. The van der Waals surface area contributed by atoms with E-state index in [-0.39, 0.29) is 43.2 Å². The van der Waals surface area contributed by atoms with Crippen LogP contribution in [0.25, 0.3) is 10.8 Å². The van der Waals surface area contributed by atoms with Crippen LogP contribution >= 0.6 is 24.2 Å². The minimum atomic E-state index is -3.86. The summed E-state index contributed by atoms with van der Waals surface area (Å²) in [6.07, 6.45) is 2.82. The number of hydrogen-bond donors (Lipinski definition) is 1. The summed E-state index contributed by atoms with van der Waals surface area (Å²) in [6.45, 7) is -3.01. The summed E-state index contributed by atoms with van der Waals surface area (Å²) in [7, 11) is -3.86. The summed E-state index contributed by atoms with van der Waals surface area (Å²) in [5, 5.41) is 1.23. The minimum Gasteiger partial charge on any atom is -0.264 e. The molecule has 0 bridgehead atoms. The number of hydrogen-bond acceptors (Lipinski definition) is 4. The van der Waals surface area contributed by atoms with Crippen LogP contribution in [0.2, 0.25) is 0 Å². The van der Waals surface area contributed by atoms with Gasteiger partial charge in [0.2, 0.25) is 10.0 Å². The molecular weight excluding hydrogens is 369 g/mol. The van der Waals surface area contributed by atoms with Crippen molar-refractivity contribution in [2.75, 3.05) is 13.1 Å². The lowest BCUT2D eigenvalue weighted by Crippen LogP contribution is -2.42. The largest absolute Gasteiger partial charge is 0.264 e. The van der Waals surface area contributed by atoms with Gasteiger partial charge in [-0.1, -0.05) is 12.1 Å². The fraction of sp³-hybridized carbons (Fsp3) is 0.438. The Kier molecular flexibility index (Phi) is 4.42. The first-order valence-corrected chi connectivity index (χ1v) is 8.99. The Morgan fingerprint density at radius 1 is 1.46 bits per heavy atom. The van der Waals surface area contributed by atoms with Gasteiger partial charge >= 0.3 is 0 Å². The van der Waals surface area contributed by atoms with Crippen molar-refractivity contribution in [1.29, 1.82) is 0 Å². The van der Waals surface area contributed by atoms with E-state index < -0.39 is 28.8 Å². The predicted molar refractivity (Wildman–Crippen MR) is 98.9 cm³/mol. The van der Waals surface area contributed by atoms with Crippen LogP contribution in [0.5, 0.6) is 0 Å². The van der Waals surface area contributed by atoms with Crippen LogP contribution < -0.4 is 4.84 Å². The SMILES string of the molecule is Cl.[2H]C([2H])([2H])C([2H])(NCl)C1([2H])CCN(S(=O)(=O)c2cccc3cnccc23)CC1. The van der Waals surface area contributed by atoms with Crippen LogP contribution in [-0.4, -0.2) is 36.8 Å². The van der Waals surface area contributed by atoms with E-state index in [0.29, 0.717) is 10.8 Å². The zero-order valence-corrected chi connectivity index (χ0v) is 15.1. The maximum atomic E-state index is 13.2. The lowest BCUT2D eigenvalue weighted by molar-refractivity contribution is 0.244. The predicted octanol–water partition coefficient (Wildman–Crippen LogP) is 3.19. The van der Waals surface area contributed by atoms with Gasteiger partial charge in [-0.25, -0.2) is 13.3 Å². The number of halogens is 2. The molecule has 2 heterocycles. The first-order chi connectivity index (χ1) is 13.0.